The van der Waals surface area contributed by atoms with Gasteiger partial charge < -0.3 is 15.5 Å². The first-order valence-electron chi connectivity index (χ1n) is 10.1. The number of pyridine rings is 1. The van der Waals surface area contributed by atoms with Crippen molar-refractivity contribution in [2.75, 3.05) is 18.9 Å². The minimum Gasteiger partial charge on any atom is -0.378 e. The number of aromatic nitrogens is 1. The normalized spacial score (nSPS) is 15.1. The number of halogens is 1. The molecule has 1 saturated carbocycles. The first kappa shape index (κ1) is 21.8. The van der Waals surface area contributed by atoms with Gasteiger partial charge in [-0.1, -0.05) is 43.5 Å². The number of nitrogens with one attached hydrogen (secondary N) is 2. The van der Waals surface area contributed by atoms with Gasteiger partial charge in [-0.05, 0) is 49.4 Å². The maximum Gasteiger partial charge on any atom is 0.248 e. The van der Waals surface area contributed by atoms with E-state index >= 15 is 0 Å². The molecule has 158 valence electrons. The Hall–Kier alpha value is -2.86. The van der Waals surface area contributed by atoms with Crippen molar-refractivity contribution < 1.29 is 9.59 Å². The van der Waals surface area contributed by atoms with E-state index < -0.39 is 5.54 Å². The van der Waals surface area contributed by atoms with Crippen molar-refractivity contribution in [2.45, 2.75) is 37.6 Å². The van der Waals surface area contributed by atoms with Crippen LogP contribution >= 0.6 is 11.6 Å². The van der Waals surface area contributed by atoms with Gasteiger partial charge in [0.05, 0.1) is 6.54 Å². The quantitative estimate of drug-likeness (QED) is 0.605. The van der Waals surface area contributed by atoms with Gasteiger partial charge in [-0.2, -0.15) is 0 Å². The zero-order chi connectivity index (χ0) is 21.6. The zero-order valence-corrected chi connectivity index (χ0v) is 17.9. The zero-order valence-electron chi connectivity index (χ0n) is 17.2. The van der Waals surface area contributed by atoms with Gasteiger partial charge in [0.2, 0.25) is 5.91 Å². The molecule has 0 unspecified atom stereocenters. The number of hydrogen-bond acceptors (Lipinski definition) is 5. The molecule has 1 amide bonds. The first-order chi connectivity index (χ1) is 14.4. The molecule has 0 saturated heterocycles. The van der Waals surface area contributed by atoms with Crippen molar-refractivity contribution >= 4 is 34.8 Å². The highest BCUT2D eigenvalue weighted by molar-refractivity contribution is 6.30. The highest BCUT2D eigenvalue weighted by Crippen LogP contribution is 2.30. The van der Waals surface area contributed by atoms with Gasteiger partial charge in [0, 0.05) is 29.5 Å². The summed E-state index contributed by atoms with van der Waals surface area (Å²) in [7, 11) is 1.67. The van der Waals surface area contributed by atoms with E-state index in [4.69, 9.17) is 11.6 Å². The Morgan fingerprint density at radius 3 is 2.63 bits per heavy atom. The van der Waals surface area contributed by atoms with Crippen LogP contribution in [0, 0.1) is 0 Å². The number of anilines is 2. The average Bonchev–Trinajstić information content (AvgIpc) is 2.74. The molecule has 6 nitrogen and oxygen atoms in total. The van der Waals surface area contributed by atoms with Gasteiger partial charge in [-0.15, -0.1) is 0 Å². The third-order valence-electron chi connectivity index (χ3n) is 5.40. The lowest BCUT2D eigenvalue weighted by molar-refractivity contribution is -0.137. The van der Waals surface area contributed by atoms with Crippen LogP contribution < -0.4 is 10.6 Å². The molecule has 1 aromatic heterocycles. The van der Waals surface area contributed by atoms with Crippen molar-refractivity contribution in [3.63, 3.8) is 0 Å². The fraction of sp³-hybridized carbons (Fsp3) is 0.348. The lowest BCUT2D eigenvalue weighted by Crippen LogP contribution is -2.57. The number of amides is 1. The molecule has 1 fully saturated rings. The van der Waals surface area contributed by atoms with E-state index in [0.717, 1.165) is 37.8 Å². The Morgan fingerprint density at radius 2 is 2.00 bits per heavy atom. The number of hydrogen-bond donors (Lipinski definition) is 2. The van der Waals surface area contributed by atoms with Gasteiger partial charge in [-0.3, -0.25) is 9.59 Å². The fourth-order valence-corrected chi connectivity index (χ4v) is 4.05. The molecule has 30 heavy (non-hydrogen) atoms. The van der Waals surface area contributed by atoms with Crippen LogP contribution in [-0.4, -0.2) is 40.7 Å². The lowest BCUT2D eigenvalue weighted by Gasteiger charge is -2.38. The molecule has 0 atom stereocenters. The number of likely N-dealkylation sites (N-methyl/N-ethyl adjacent to an activating group) is 1. The largest absolute Gasteiger partial charge is 0.378 e. The molecule has 1 heterocycles. The first-order valence-corrected chi connectivity index (χ1v) is 10.5. The molecule has 0 bridgehead atoms. The smallest absolute Gasteiger partial charge is 0.248 e. The van der Waals surface area contributed by atoms with Gasteiger partial charge in [0.25, 0.3) is 0 Å². The number of ketones is 1. The summed E-state index contributed by atoms with van der Waals surface area (Å²) in [5, 5.41) is 6.93. The van der Waals surface area contributed by atoms with Crippen LogP contribution in [-0.2, 0) is 4.79 Å². The second-order valence-corrected chi connectivity index (χ2v) is 8.08. The maximum atomic E-state index is 13.1. The van der Waals surface area contributed by atoms with Crippen LogP contribution in [0.2, 0.25) is 5.02 Å². The summed E-state index contributed by atoms with van der Waals surface area (Å²) >= 11 is 5.99. The Morgan fingerprint density at radius 1 is 1.23 bits per heavy atom. The standard InChI is InChI=1S/C23H27ClN4O2/c1-3-26-23(12-5-4-6-13-23)22(30)28(2)16-20(29)17-10-11-21(25-15-17)27-19-9-7-8-18(24)14-19/h3,7-11,14-15,26H,1,4-6,12-13,16H2,2H3,(H,25,27). The molecule has 1 aromatic carbocycles. The monoisotopic (exact) mass is 426 g/mol. The Kier molecular flexibility index (Phi) is 7.11. The number of benzene rings is 1. The van der Waals surface area contributed by atoms with Crippen LogP contribution in [0.25, 0.3) is 0 Å². The Balaban J connectivity index is 1.63. The van der Waals surface area contributed by atoms with Crippen LogP contribution in [0.15, 0.2) is 55.4 Å². The van der Waals surface area contributed by atoms with E-state index in [0.29, 0.717) is 16.4 Å². The predicted molar refractivity (Wildman–Crippen MR) is 120 cm³/mol. The van der Waals surface area contributed by atoms with Crippen LogP contribution in [0.5, 0.6) is 0 Å². The molecule has 7 heteroatoms. The number of nitrogens with zero attached hydrogens (tertiary/aromatic N) is 2. The van der Waals surface area contributed by atoms with E-state index in [-0.39, 0.29) is 18.2 Å². The molecular formula is C23H27ClN4O2. The Bertz CT molecular complexity index is 908. The van der Waals surface area contributed by atoms with Gasteiger partial charge in [0.15, 0.2) is 5.78 Å². The van der Waals surface area contributed by atoms with E-state index in [9.17, 15) is 9.59 Å². The van der Waals surface area contributed by atoms with E-state index in [1.54, 1.807) is 37.5 Å². The number of carbonyl (C=O) groups is 2. The third-order valence-corrected chi connectivity index (χ3v) is 5.64. The summed E-state index contributed by atoms with van der Waals surface area (Å²) in [5.74, 6) is 0.384. The van der Waals surface area contributed by atoms with Crippen molar-refractivity contribution in [3.05, 3.63) is 66.0 Å². The summed E-state index contributed by atoms with van der Waals surface area (Å²) in [6.07, 6.45) is 7.69. The molecule has 2 aromatic rings. The van der Waals surface area contributed by atoms with E-state index in [2.05, 4.69) is 22.2 Å². The summed E-state index contributed by atoms with van der Waals surface area (Å²) in [6.45, 7) is 3.72. The number of Topliss-reactive ketones (excluding diaryl/α,β-unsaturated/α-hetero) is 1. The summed E-state index contributed by atoms with van der Waals surface area (Å²) < 4.78 is 0. The van der Waals surface area contributed by atoms with Crippen molar-refractivity contribution in [3.8, 4) is 0 Å². The molecule has 0 aliphatic heterocycles. The van der Waals surface area contributed by atoms with Crippen molar-refractivity contribution in [1.29, 1.82) is 0 Å². The second-order valence-electron chi connectivity index (χ2n) is 7.64. The van der Waals surface area contributed by atoms with E-state index in [1.807, 2.05) is 12.1 Å². The fourth-order valence-electron chi connectivity index (χ4n) is 3.86. The minimum absolute atomic E-state index is 0.00214. The van der Waals surface area contributed by atoms with Crippen LogP contribution in [0.1, 0.15) is 42.5 Å². The lowest BCUT2D eigenvalue weighted by atomic mass is 9.80. The topological polar surface area (TPSA) is 74.3 Å². The molecule has 2 N–H and O–H groups in total. The van der Waals surface area contributed by atoms with Gasteiger partial charge in [0.1, 0.15) is 11.4 Å². The van der Waals surface area contributed by atoms with Gasteiger partial charge in [-0.25, -0.2) is 4.98 Å². The van der Waals surface area contributed by atoms with Crippen LogP contribution in [0.4, 0.5) is 11.5 Å². The maximum absolute atomic E-state index is 13.1. The summed E-state index contributed by atoms with van der Waals surface area (Å²) in [4.78, 5) is 31.6. The molecule has 0 spiro atoms. The minimum atomic E-state index is -0.655. The summed E-state index contributed by atoms with van der Waals surface area (Å²) in [5.41, 5.74) is 0.616. The molecular weight excluding hydrogens is 400 g/mol. The predicted octanol–water partition coefficient (Wildman–Crippen LogP) is 4.56. The van der Waals surface area contributed by atoms with Gasteiger partial charge >= 0.3 is 0 Å². The number of rotatable bonds is 8. The molecule has 1 aliphatic rings. The summed E-state index contributed by atoms with van der Waals surface area (Å²) in [6, 6.07) is 10.8. The van der Waals surface area contributed by atoms with Crippen LogP contribution in [0.3, 0.4) is 0 Å². The second kappa shape index (κ2) is 9.76. The van der Waals surface area contributed by atoms with Crippen molar-refractivity contribution in [2.24, 2.45) is 0 Å². The average molecular weight is 427 g/mol. The highest BCUT2D eigenvalue weighted by atomic mass is 35.5. The SMILES string of the molecule is C=CNC1(C(=O)N(C)CC(=O)c2ccc(Nc3cccc(Cl)c3)nc2)CCCCC1. The molecule has 3 rings (SSSR count). The number of carbonyl (C=O) groups excluding carboxylic acids is 2. The third kappa shape index (κ3) is 5.19. The molecule has 0 radical (unpaired) electrons. The van der Waals surface area contributed by atoms with Crippen molar-refractivity contribution in [1.82, 2.24) is 15.2 Å². The molecule has 1 aliphatic carbocycles. The highest BCUT2D eigenvalue weighted by Gasteiger charge is 2.40. The Labute approximate surface area is 182 Å². The van der Waals surface area contributed by atoms with E-state index in [1.165, 1.54) is 11.1 Å².